The number of fused-ring (bicyclic) bond motifs is 1. The fourth-order valence-corrected chi connectivity index (χ4v) is 8.70. The Morgan fingerprint density at radius 2 is 1.70 bits per heavy atom. The molecule has 0 aromatic heterocycles. The van der Waals surface area contributed by atoms with Crippen molar-refractivity contribution >= 4 is 44.9 Å². The van der Waals surface area contributed by atoms with Crippen molar-refractivity contribution in [1.82, 2.24) is 5.32 Å². The fraction of sp³-hybridized carbons (Fsp3) is 0.412. The average molecular weight is 639 g/mol. The molecule has 1 aliphatic heterocycles. The summed E-state index contributed by atoms with van der Waals surface area (Å²) in [7, 11) is -3.75. The third-order valence-electron chi connectivity index (χ3n) is 7.93. The molecule has 3 aromatic rings. The zero-order valence-corrected chi connectivity index (χ0v) is 27.4. The highest BCUT2D eigenvalue weighted by Crippen LogP contribution is 2.48. The molecule has 0 fully saturated rings. The minimum Gasteiger partial charge on any atom is -0.483 e. The lowest BCUT2D eigenvalue weighted by molar-refractivity contribution is -0.142. The number of carbonyl (C=O) groups excluding carboxylic acids is 1. The van der Waals surface area contributed by atoms with Gasteiger partial charge in [-0.2, -0.15) is 0 Å². The monoisotopic (exact) mass is 638 g/mol. The number of anilines is 2. The number of hydrogen-bond acceptors (Lipinski definition) is 7. The number of nitrogens with zero attached hydrogens (tertiary/aromatic N) is 1. The van der Waals surface area contributed by atoms with Crippen LogP contribution in [-0.4, -0.2) is 49.6 Å². The standard InChI is InChI=1S/C34H42N2O6S2/c1-5-7-18-34(6-2)22-36(26-16-12-9-13-17-26)27-19-29(43-24(3)4)28(20-30(27)44(40,41)23-34)42-21-31(37)35-32(33(38)39)25-14-10-8-11-15-25/h8-17,19-20,24,32H,5-7,18,21-23H2,1-4H3,(H,35,37)(H,38,39). The van der Waals surface area contributed by atoms with Crippen LogP contribution in [0.1, 0.15) is 65.0 Å². The second-order valence-electron chi connectivity index (χ2n) is 11.6. The molecular formula is C34H42N2O6S2. The van der Waals surface area contributed by atoms with Gasteiger partial charge in [-0.25, -0.2) is 13.2 Å². The lowest BCUT2D eigenvalue weighted by Gasteiger charge is -2.36. The SMILES string of the molecule is CCCCC1(CC)CN(c2ccccc2)c2cc(SC(C)C)c(OCC(=O)NC(C(=O)O)c3ccccc3)cc2S(=O)(=O)C1. The molecule has 2 N–H and O–H groups in total. The molecule has 1 aliphatic rings. The average Bonchev–Trinajstić information content (AvgIpc) is 3.09. The Morgan fingerprint density at radius 3 is 2.30 bits per heavy atom. The highest BCUT2D eigenvalue weighted by Gasteiger charge is 2.42. The molecule has 0 bridgehead atoms. The second kappa shape index (κ2) is 14.5. The quantitative estimate of drug-likeness (QED) is 0.192. The zero-order chi connectivity index (χ0) is 31.9. The van der Waals surface area contributed by atoms with Crippen molar-refractivity contribution in [2.75, 3.05) is 23.8 Å². The number of carbonyl (C=O) groups is 2. The molecule has 3 aromatic carbocycles. The van der Waals surface area contributed by atoms with Crippen molar-refractivity contribution in [3.8, 4) is 5.75 Å². The number of para-hydroxylation sites is 1. The first-order chi connectivity index (χ1) is 21.0. The Kier molecular flexibility index (Phi) is 11.0. The number of benzene rings is 3. The number of nitrogens with one attached hydrogen (secondary N) is 1. The van der Waals surface area contributed by atoms with E-state index in [1.54, 1.807) is 36.4 Å². The van der Waals surface area contributed by atoms with Gasteiger partial charge in [0.05, 0.1) is 21.2 Å². The van der Waals surface area contributed by atoms with Gasteiger partial charge in [0.2, 0.25) is 0 Å². The third kappa shape index (κ3) is 7.95. The zero-order valence-electron chi connectivity index (χ0n) is 25.8. The van der Waals surface area contributed by atoms with E-state index in [9.17, 15) is 23.1 Å². The predicted octanol–water partition coefficient (Wildman–Crippen LogP) is 7.02. The number of sulfone groups is 1. The summed E-state index contributed by atoms with van der Waals surface area (Å²) >= 11 is 1.52. The van der Waals surface area contributed by atoms with E-state index >= 15 is 0 Å². The Morgan fingerprint density at radius 1 is 1.05 bits per heavy atom. The first kappa shape index (κ1) is 33.4. The number of carboxylic acid groups (broad SMARTS) is 1. The predicted molar refractivity (Wildman–Crippen MR) is 176 cm³/mol. The Balaban J connectivity index is 1.74. The minimum absolute atomic E-state index is 0.0147. The summed E-state index contributed by atoms with van der Waals surface area (Å²) in [6, 6.07) is 20.4. The van der Waals surface area contributed by atoms with E-state index in [1.165, 1.54) is 11.8 Å². The maximum Gasteiger partial charge on any atom is 0.330 e. The molecule has 44 heavy (non-hydrogen) atoms. The summed E-state index contributed by atoms with van der Waals surface area (Å²) in [5.41, 5.74) is 1.50. The molecule has 2 atom stereocenters. The largest absolute Gasteiger partial charge is 0.483 e. The molecule has 0 radical (unpaired) electrons. The minimum atomic E-state index is -3.75. The number of aliphatic carboxylic acids is 1. The molecule has 0 saturated heterocycles. The lowest BCUT2D eigenvalue weighted by atomic mass is 9.81. The number of thioether (sulfide) groups is 1. The van der Waals surface area contributed by atoms with Crippen LogP contribution in [0.4, 0.5) is 11.4 Å². The first-order valence-electron chi connectivity index (χ1n) is 15.1. The smallest absolute Gasteiger partial charge is 0.330 e. The molecular weight excluding hydrogens is 597 g/mol. The number of ether oxygens (including phenoxy) is 1. The molecule has 0 aliphatic carbocycles. The number of unbranched alkanes of at least 4 members (excludes halogenated alkanes) is 1. The molecule has 10 heteroatoms. The van der Waals surface area contributed by atoms with Crippen LogP contribution >= 0.6 is 11.8 Å². The summed E-state index contributed by atoms with van der Waals surface area (Å²) in [4.78, 5) is 27.8. The van der Waals surface area contributed by atoms with E-state index < -0.39 is 39.8 Å². The van der Waals surface area contributed by atoms with E-state index in [4.69, 9.17) is 4.74 Å². The van der Waals surface area contributed by atoms with Crippen LogP contribution in [0.5, 0.6) is 5.75 Å². The Labute approximate surface area is 265 Å². The van der Waals surface area contributed by atoms with Gasteiger partial charge >= 0.3 is 5.97 Å². The Hall–Kier alpha value is -3.50. The van der Waals surface area contributed by atoms with Crippen molar-refractivity contribution in [2.45, 2.75) is 74.5 Å². The van der Waals surface area contributed by atoms with Gasteiger partial charge in [0.1, 0.15) is 5.75 Å². The number of carboxylic acids is 1. The van der Waals surface area contributed by atoms with Gasteiger partial charge in [0, 0.05) is 29.0 Å². The van der Waals surface area contributed by atoms with Gasteiger partial charge in [-0.15, -0.1) is 11.8 Å². The van der Waals surface area contributed by atoms with Crippen molar-refractivity contribution in [2.24, 2.45) is 5.41 Å². The third-order valence-corrected chi connectivity index (χ3v) is 11.0. The highest BCUT2D eigenvalue weighted by molar-refractivity contribution is 8.00. The highest BCUT2D eigenvalue weighted by atomic mass is 32.2. The van der Waals surface area contributed by atoms with Crippen molar-refractivity contribution < 1.29 is 27.9 Å². The van der Waals surface area contributed by atoms with E-state index in [1.807, 2.05) is 50.2 Å². The normalized spacial score (nSPS) is 18.2. The number of rotatable bonds is 13. The maximum atomic E-state index is 14.2. The summed E-state index contributed by atoms with van der Waals surface area (Å²) < 4.78 is 34.3. The maximum absolute atomic E-state index is 14.2. The summed E-state index contributed by atoms with van der Waals surface area (Å²) in [5, 5.41) is 12.4. The van der Waals surface area contributed by atoms with Gasteiger partial charge in [-0.05, 0) is 36.6 Å². The molecule has 1 heterocycles. The fourth-order valence-electron chi connectivity index (χ4n) is 5.61. The van der Waals surface area contributed by atoms with E-state index in [0.29, 0.717) is 29.1 Å². The molecule has 2 unspecified atom stereocenters. The van der Waals surface area contributed by atoms with Crippen molar-refractivity contribution in [3.05, 3.63) is 78.4 Å². The topological polar surface area (TPSA) is 113 Å². The molecule has 8 nitrogen and oxygen atoms in total. The first-order valence-corrected chi connectivity index (χ1v) is 17.6. The van der Waals surface area contributed by atoms with Gasteiger partial charge in [0.25, 0.3) is 5.91 Å². The van der Waals surface area contributed by atoms with Crippen LogP contribution in [0, 0.1) is 5.41 Å². The molecule has 0 saturated carbocycles. The summed E-state index contributed by atoms with van der Waals surface area (Å²) in [6.45, 7) is 8.33. The number of amides is 1. The van der Waals surface area contributed by atoms with Crippen LogP contribution in [-0.2, 0) is 19.4 Å². The van der Waals surface area contributed by atoms with Crippen LogP contribution in [0.25, 0.3) is 0 Å². The molecule has 236 valence electrons. The van der Waals surface area contributed by atoms with Crippen LogP contribution in [0.15, 0.2) is 82.6 Å². The van der Waals surface area contributed by atoms with Crippen LogP contribution in [0.2, 0.25) is 0 Å². The molecule has 0 spiro atoms. The van der Waals surface area contributed by atoms with Crippen molar-refractivity contribution in [1.29, 1.82) is 0 Å². The molecule has 1 amide bonds. The van der Waals surface area contributed by atoms with Gasteiger partial charge < -0.3 is 20.1 Å². The van der Waals surface area contributed by atoms with E-state index in [0.717, 1.165) is 24.9 Å². The van der Waals surface area contributed by atoms with Crippen LogP contribution in [0.3, 0.4) is 0 Å². The second-order valence-corrected chi connectivity index (χ2v) is 15.2. The Bertz CT molecular complexity index is 1550. The van der Waals surface area contributed by atoms with Gasteiger partial charge in [-0.3, -0.25) is 4.79 Å². The van der Waals surface area contributed by atoms with Crippen molar-refractivity contribution in [3.63, 3.8) is 0 Å². The number of hydrogen-bond donors (Lipinski definition) is 2. The van der Waals surface area contributed by atoms with E-state index in [-0.39, 0.29) is 21.6 Å². The van der Waals surface area contributed by atoms with E-state index in [2.05, 4.69) is 24.1 Å². The lowest BCUT2D eigenvalue weighted by Crippen LogP contribution is -2.37. The van der Waals surface area contributed by atoms with Gasteiger partial charge in [0.15, 0.2) is 22.5 Å². The summed E-state index contributed by atoms with van der Waals surface area (Å²) in [5.74, 6) is -1.53. The summed E-state index contributed by atoms with van der Waals surface area (Å²) in [6.07, 6.45) is 3.41. The van der Waals surface area contributed by atoms with Crippen LogP contribution < -0.4 is 15.0 Å². The van der Waals surface area contributed by atoms with Gasteiger partial charge in [-0.1, -0.05) is 89.1 Å². The molecule has 4 rings (SSSR count).